The Kier molecular flexibility index (Phi) is 5.66. The second-order valence-electron chi connectivity index (χ2n) is 6.41. The van der Waals surface area contributed by atoms with E-state index in [-0.39, 0.29) is 28.6 Å². The number of nitriles is 1. The Hall–Kier alpha value is -3.64. The second-order valence-corrected chi connectivity index (χ2v) is 7.60. The zero-order valence-corrected chi connectivity index (χ0v) is 16.2. The number of carbonyl (C=O) groups excluding carboxylic acids is 2. The molecule has 0 bridgehead atoms. The van der Waals surface area contributed by atoms with E-state index < -0.39 is 16.1 Å². The van der Waals surface area contributed by atoms with Gasteiger partial charge in [-0.1, -0.05) is 36.0 Å². The molecule has 29 heavy (non-hydrogen) atoms. The molecule has 1 fully saturated rings. The van der Waals surface area contributed by atoms with Crippen LogP contribution in [0.4, 0.5) is 11.4 Å². The summed E-state index contributed by atoms with van der Waals surface area (Å²) in [5.74, 6) is -1.24. The molecule has 0 spiro atoms. The van der Waals surface area contributed by atoms with Crippen molar-refractivity contribution in [2.75, 3.05) is 4.90 Å². The van der Waals surface area contributed by atoms with E-state index in [1.165, 1.54) is 17.0 Å². The molecule has 0 radical (unpaired) electrons. The molecule has 0 saturated carbocycles. The molecule has 9 heteroatoms. The molecule has 2 aromatic rings. The number of thioether (sulfide) groups is 1. The molecular formula is C20H16N4O4S. The van der Waals surface area contributed by atoms with Gasteiger partial charge in [-0.2, -0.15) is 5.26 Å². The first-order valence-electron chi connectivity index (χ1n) is 8.56. The number of rotatable bonds is 5. The summed E-state index contributed by atoms with van der Waals surface area (Å²) in [6.07, 6.45) is 0.203. The summed E-state index contributed by atoms with van der Waals surface area (Å²) in [7, 11) is 0. The zero-order chi connectivity index (χ0) is 21.1. The maximum atomic E-state index is 13.2. The second kappa shape index (κ2) is 8.16. The average Bonchev–Trinajstić information content (AvgIpc) is 2.98. The molecule has 3 rings (SSSR count). The zero-order valence-electron chi connectivity index (χ0n) is 15.4. The van der Waals surface area contributed by atoms with Gasteiger partial charge in [0.05, 0.1) is 10.2 Å². The van der Waals surface area contributed by atoms with Gasteiger partial charge in [0.15, 0.2) is 0 Å². The number of primary amides is 1. The first-order chi connectivity index (χ1) is 13.8. The smallest absolute Gasteiger partial charge is 0.269 e. The third-order valence-electron chi connectivity index (χ3n) is 4.33. The van der Waals surface area contributed by atoms with Crippen LogP contribution in [0.2, 0.25) is 0 Å². The summed E-state index contributed by atoms with van der Waals surface area (Å²) < 4.78 is 0. The summed E-state index contributed by atoms with van der Waals surface area (Å²) in [4.78, 5) is 36.8. The molecule has 2 aromatic carbocycles. The number of nitro benzene ring substituents is 1. The molecule has 0 aliphatic carbocycles. The summed E-state index contributed by atoms with van der Waals surface area (Å²) in [6, 6.07) is 14.9. The Morgan fingerprint density at radius 3 is 2.66 bits per heavy atom. The molecular weight excluding hydrogens is 392 g/mol. The highest BCUT2D eigenvalue weighted by atomic mass is 32.2. The van der Waals surface area contributed by atoms with Crippen LogP contribution in [0.3, 0.4) is 0 Å². The number of non-ortho nitro benzene ring substituents is 1. The standard InChI is InChI=1S/C20H16N4O4S/c1-12-4-2-6-14(8-12)23-19(26)17(29-20(23)16(11-21)18(22)25)10-13-5-3-7-15(9-13)24(27)28/h2-9,17H,10H2,1H3,(H2,22,25)/b20-16-/t17-/m0/s1. The van der Waals surface area contributed by atoms with Crippen molar-refractivity contribution in [3.05, 3.63) is 80.4 Å². The predicted molar refractivity (Wildman–Crippen MR) is 109 cm³/mol. The van der Waals surface area contributed by atoms with Crippen LogP contribution in [0.25, 0.3) is 0 Å². The number of benzene rings is 2. The maximum Gasteiger partial charge on any atom is 0.269 e. The van der Waals surface area contributed by atoms with Crippen molar-refractivity contribution in [3.63, 3.8) is 0 Å². The van der Waals surface area contributed by atoms with Crippen molar-refractivity contribution >= 4 is 35.0 Å². The first kappa shape index (κ1) is 20.1. The Balaban J connectivity index is 2.03. The molecule has 1 aliphatic rings. The first-order valence-corrected chi connectivity index (χ1v) is 9.44. The van der Waals surface area contributed by atoms with Crippen LogP contribution < -0.4 is 10.6 Å². The highest BCUT2D eigenvalue weighted by Gasteiger charge is 2.40. The number of carbonyl (C=O) groups is 2. The Morgan fingerprint density at radius 1 is 1.31 bits per heavy atom. The summed E-state index contributed by atoms with van der Waals surface area (Å²) in [5, 5.41) is 19.9. The van der Waals surface area contributed by atoms with E-state index in [0.29, 0.717) is 11.3 Å². The van der Waals surface area contributed by atoms with Crippen molar-refractivity contribution in [3.8, 4) is 6.07 Å². The SMILES string of the molecule is Cc1cccc(N2C(=O)[C@H](Cc3cccc([N+](=O)[O-])c3)S/C2=C(/C#N)C(N)=O)c1. The van der Waals surface area contributed by atoms with E-state index >= 15 is 0 Å². The molecule has 2 amide bonds. The molecule has 1 saturated heterocycles. The van der Waals surface area contributed by atoms with Crippen LogP contribution in [0, 0.1) is 28.4 Å². The Morgan fingerprint density at radius 2 is 2.03 bits per heavy atom. The lowest BCUT2D eigenvalue weighted by atomic mass is 10.1. The highest BCUT2D eigenvalue weighted by Crippen LogP contribution is 2.42. The molecule has 0 aromatic heterocycles. The van der Waals surface area contributed by atoms with Gasteiger partial charge in [0.25, 0.3) is 11.6 Å². The van der Waals surface area contributed by atoms with E-state index in [0.717, 1.165) is 17.3 Å². The fourth-order valence-electron chi connectivity index (χ4n) is 3.01. The third kappa shape index (κ3) is 4.12. The largest absolute Gasteiger partial charge is 0.365 e. The Bertz CT molecular complexity index is 1090. The van der Waals surface area contributed by atoms with Crippen LogP contribution in [0.15, 0.2) is 59.1 Å². The summed E-state index contributed by atoms with van der Waals surface area (Å²) >= 11 is 1.06. The minimum atomic E-state index is -0.920. The lowest BCUT2D eigenvalue weighted by molar-refractivity contribution is -0.384. The number of hydrogen-bond donors (Lipinski definition) is 1. The number of anilines is 1. The lowest BCUT2D eigenvalue weighted by Gasteiger charge is -2.18. The van der Waals surface area contributed by atoms with Crippen molar-refractivity contribution in [2.24, 2.45) is 5.73 Å². The quantitative estimate of drug-likeness (QED) is 0.350. The minimum absolute atomic E-state index is 0.0703. The molecule has 8 nitrogen and oxygen atoms in total. The molecule has 1 atom stereocenters. The number of hydrogen-bond acceptors (Lipinski definition) is 6. The number of nitrogens with zero attached hydrogens (tertiary/aromatic N) is 3. The fraction of sp³-hybridized carbons (Fsp3) is 0.150. The van der Waals surface area contributed by atoms with Crippen LogP contribution in [-0.2, 0) is 16.0 Å². The minimum Gasteiger partial charge on any atom is -0.365 e. The van der Waals surface area contributed by atoms with Gasteiger partial charge in [-0.15, -0.1) is 0 Å². The van der Waals surface area contributed by atoms with Crippen molar-refractivity contribution in [1.29, 1.82) is 5.26 Å². The van der Waals surface area contributed by atoms with E-state index in [4.69, 9.17) is 5.73 Å². The molecule has 2 N–H and O–H groups in total. The molecule has 1 heterocycles. The van der Waals surface area contributed by atoms with Crippen LogP contribution in [0.5, 0.6) is 0 Å². The highest BCUT2D eigenvalue weighted by molar-refractivity contribution is 8.05. The number of nitro groups is 1. The van der Waals surface area contributed by atoms with Gasteiger partial charge in [-0.05, 0) is 36.6 Å². The van der Waals surface area contributed by atoms with E-state index in [1.54, 1.807) is 36.4 Å². The van der Waals surface area contributed by atoms with Gasteiger partial charge in [0.1, 0.15) is 16.7 Å². The number of aryl methyl sites for hydroxylation is 1. The van der Waals surface area contributed by atoms with Gasteiger partial charge < -0.3 is 5.73 Å². The number of nitrogens with two attached hydrogens (primary N) is 1. The van der Waals surface area contributed by atoms with Gasteiger partial charge in [0.2, 0.25) is 5.91 Å². The van der Waals surface area contributed by atoms with Crippen molar-refractivity contribution < 1.29 is 14.5 Å². The molecule has 1 aliphatic heterocycles. The summed E-state index contributed by atoms with van der Waals surface area (Å²) in [5.41, 5.74) is 7.01. The normalized spacial score (nSPS) is 17.7. The monoisotopic (exact) mass is 408 g/mol. The van der Waals surface area contributed by atoms with E-state index in [9.17, 15) is 25.0 Å². The van der Waals surface area contributed by atoms with Crippen molar-refractivity contribution in [1.82, 2.24) is 0 Å². The van der Waals surface area contributed by atoms with Crippen LogP contribution in [-0.4, -0.2) is 22.0 Å². The molecule has 146 valence electrons. The van der Waals surface area contributed by atoms with Gasteiger partial charge in [0, 0.05) is 17.8 Å². The lowest BCUT2D eigenvalue weighted by Crippen LogP contribution is -2.31. The maximum absolute atomic E-state index is 13.2. The topological polar surface area (TPSA) is 130 Å². The van der Waals surface area contributed by atoms with Crippen LogP contribution in [0.1, 0.15) is 11.1 Å². The molecule has 0 unspecified atom stereocenters. The van der Waals surface area contributed by atoms with Gasteiger partial charge in [-0.3, -0.25) is 24.6 Å². The van der Waals surface area contributed by atoms with Crippen molar-refractivity contribution in [2.45, 2.75) is 18.6 Å². The third-order valence-corrected chi connectivity index (χ3v) is 5.59. The fourth-order valence-corrected chi connectivity index (χ4v) is 4.33. The van der Waals surface area contributed by atoms with E-state index in [1.807, 2.05) is 13.0 Å². The van der Waals surface area contributed by atoms with E-state index in [2.05, 4.69) is 0 Å². The number of amides is 2. The predicted octanol–water partition coefficient (Wildman–Crippen LogP) is 2.81. The van der Waals surface area contributed by atoms with Crippen LogP contribution >= 0.6 is 11.8 Å². The average molecular weight is 408 g/mol. The summed E-state index contributed by atoms with van der Waals surface area (Å²) in [6.45, 7) is 1.86. The van der Waals surface area contributed by atoms with Gasteiger partial charge >= 0.3 is 0 Å². The van der Waals surface area contributed by atoms with Gasteiger partial charge in [-0.25, -0.2) is 0 Å². The Labute approximate surface area is 170 Å².